The van der Waals surface area contributed by atoms with Crippen LogP contribution in [0.25, 0.3) is 0 Å². The number of amides is 2. The Morgan fingerprint density at radius 2 is 1.91 bits per heavy atom. The Morgan fingerprint density at radius 1 is 1.22 bits per heavy atom. The minimum Gasteiger partial charge on any atom is -0.508 e. The van der Waals surface area contributed by atoms with Gasteiger partial charge in [0.25, 0.3) is 0 Å². The number of thioether (sulfide) groups is 1. The van der Waals surface area contributed by atoms with Gasteiger partial charge in [0.15, 0.2) is 11.1 Å². The molecule has 4 atom stereocenters. The SMILES string of the molecule is O=C(O)C(Cc1ccc(O)cc1)N[N+](=O)[O-].O=C(O)CCCC[C@@H]1SC[C@@H]2NC(=O)N[C@@H]21. The number of nitrogens with zero attached hydrogens (tertiary/aromatic N) is 1. The average Bonchev–Trinajstić information content (AvgIpc) is 3.26. The molecule has 2 heterocycles. The summed E-state index contributed by atoms with van der Waals surface area (Å²) >= 11 is 1.87. The number of hydrogen-bond donors (Lipinski definition) is 6. The van der Waals surface area contributed by atoms with Crippen molar-refractivity contribution in [1.82, 2.24) is 16.1 Å². The zero-order chi connectivity index (χ0) is 23.7. The Morgan fingerprint density at radius 3 is 2.50 bits per heavy atom. The molecule has 1 aromatic rings. The van der Waals surface area contributed by atoms with E-state index >= 15 is 0 Å². The molecule has 0 saturated carbocycles. The van der Waals surface area contributed by atoms with Crippen molar-refractivity contribution in [2.45, 2.75) is 55.5 Å². The zero-order valence-corrected chi connectivity index (χ0v) is 17.9. The fraction of sp³-hybridized carbons (Fsp3) is 0.526. The smallest absolute Gasteiger partial charge is 0.332 e. The van der Waals surface area contributed by atoms with Crippen LogP contribution in [-0.4, -0.2) is 67.4 Å². The van der Waals surface area contributed by atoms with E-state index in [1.807, 2.05) is 11.8 Å². The van der Waals surface area contributed by atoms with Gasteiger partial charge in [-0.15, -0.1) is 5.43 Å². The summed E-state index contributed by atoms with van der Waals surface area (Å²) in [5.74, 6) is -1.01. The minimum atomic E-state index is -1.30. The number of carboxylic acids is 2. The third-order valence-corrected chi connectivity index (χ3v) is 6.51. The largest absolute Gasteiger partial charge is 0.508 e. The summed E-state index contributed by atoms with van der Waals surface area (Å²) in [7, 11) is 0. The molecule has 0 aliphatic carbocycles. The summed E-state index contributed by atoms with van der Waals surface area (Å²) in [5.41, 5.74) is 2.29. The Hall–Kier alpha value is -3.22. The molecule has 2 fully saturated rings. The molecule has 0 bridgehead atoms. The van der Waals surface area contributed by atoms with Gasteiger partial charge in [0.1, 0.15) is 5.75 Å². The van der Waals surface area contributed by atoms with Gasteiger partial charge in [-0.3, -0.25) is 4.79 Å². The zero-order valence-electron chi connectivity index (χ0n) is 17.1. The van der Waals surface area contributed by atoms with Gasteiger partial charge in [0, 0.05) is 23.8 Å². The lowest BCUT2D eigenvalue weighted by Gasteiger charge is -2.16. The molecular weight excluding hydrogens is 444 g/mol. The highest BCUT2D eigenvalue weighted by atomic mass is 32.2. The number of hydrogen-bond acceptors (Lipinski definition) is 7. The molecule has 13 heteroatoms. The summed E-state index contributed by atoms with van der Waals surface area (Å²) in [6.07, 6.45) is 2.85. The minimum absolute atomic E-state index is 0.0312. The predicted octanol–water partition coefficient (Wildman–Crippen LogP) is 0.966. The van der Waals surface area contributed by atoms with Crippen LogP contribution in [0.1, 0.15) is 31.2 Å². The van der Waals surface area contributed by atoms with E-state index in [1.165, 1.54) is 24.3 Å². The first-order valence-electron chi connectivity index (χ1n) is 9.97. The number of rotatable bonds is 10. The molecule has 2 aliphatic rings. The number of aliphatic carboxylic acids is 2. The Bertz CT molecular complexity index is 822. The lowest BCUT2D eigenvalue weighted by Crippen LogP contribution is -2.41. The predicted molar refractivity (Wildman–Crippen MR) is 115 cm³/mol. The van der Waals surface area contributed by atoms with Crippen molar-refractivity contribution < 1.29 is 34.7 Å². The molecule has 1 unspecified atom stereocenters. The van der Waals surface area contributed by atoms with Crippen LogP contribution < -0.4 is 16.1 Å². The second-order valence-electron chi connectivity index (χ2n) is 7.41. The molecule has 0 spiro atoms. The van der Waals surface area contributed by atoms with Crippen molar-refractivity contribution >= 4 is 29.7 Å². The summed E-state index contributed by atoms with van der Waals surface area (Å²) in [6, 6.07) is 4.94. The van der Waals surface area contributed by atoms with Crippen LogP contribution >= 0.6 is 11.8 Å². The third kappa shape index (κ3) is 8.13. The first kappa shape index (κ1) is 25.0. The molecule has 0 radical (unpaired) electrons. The van der Waals surface area contributed by atoms with Crippen LogP contribution in [0.2, 0.25) is 0 Å². The highest BCUT2D eigenvalue weighted by Crippen LogP contribution is 2.33. The van der Waals surface area contributed by atoms with Crippen LogP contribution in [-0.2, 0) is 16.0 Å². The number of carbonyl (C=O) groups excluding carboxylic acids is 1. The van der Waals surface area contributed by atoms with Gasteiger partial charge < -0.3 is 26.0 Å². The number of phenols is 1. The molecule has 6 N–H and O–H groups in total. The fourth-order valence-electron chi connectivity index (χ4n) is 3.45. The van der Waals surface area contributed by atoms with Crippen molar-refractivity contribution in [2.24, 2.45) is 0 Å². The first-order chi connectivity index (χ1) is 15.2. The summed E-state index contributed by atoms with van der Waals surface area (Å²) in [5, 5.41) is 41.8. The van der Waals surface area contributed by atoms with Crippen molar-refractivity contribution in [3.63, 3.8) is 0 Å². The number of fused-ring (bicyclic) bond motifs is 1. The van der Waals surface area contributed by atoms with Crippen LogP contribution in [0, 0.1) is 10.1 Å². The van der Waals surface area contributed by atoms with Gasteiger partial charge in [-0.1, -0.05) is 18.6 Å². The first-order valence-corrected chi connectivity index (χ1v) is 11.0. The summed E-state index contributed by atoms with van der Waals surface area (Å²) < 4.78 is 0. The summed E-state index contributed by atoms with van der Waals surface area (Å²) in [4.78, 5) is 42.3. The van der Waals surface area contributed by atoms with E-state index in [2.05, 4.69) is 10.6 Å². The Balaban J connectivity index is 0.000000227. The summed E-state index contributed by atoms with van der Waals surface area (Å²) in [6.45, 7) is 0. The highest BCUT2D eigenvalue weighted by molar-refractivity contribution is 8.00. The lowest BCUT2D eigenvalue weighted by molar-refractivity contribution is -0.548. The third-order valence-electron chi connectivity index (χ3n) is 5.00. The number of carbonyl (C=O) groups is 3. The number of nitrogens with one attached hydrogen (secondary N) is 3. The van der Waals surface area contributed by atoms with Crippen LogP contribution in [0.3, 0.4) is 0 Å². The van der Waals surface area contributed by atoms with Crippen LogP contribution in [0.5, 0.6) is 5.75 Å². The van der Waals surface area contributed by atoms with Gasteiger partial charge in [-0.25, -0.2) is 19.7 Å². The maximum Gasteiger partial charge on any atom is 0.332 e. The van der Waals surface area contributed by atoms with Gasteiger partial charge >= 0.3 is 18.0 Å². The lowest BCUT2D eigenvalue weighted by atomic mass is 10.0. The average molecular weight is 471 g/mol. The van der Waals surface area contributed by atoms with Crippen LogP contribution in [0.15, 0.2) is 24.3 Å². The van der Waals surface area contributed by atoms with E-state index in [-0.39, 0.29) is 36.7 Å². The number of nitro groups is 1. The Kier molecular flexibility index (Phi) is 9.38. The molecule has 2 amide bonds. The number of hydrazine groups is 1. The highest BCUT2D eigenvalue weighted by Gasteiger charge is 2.42. The maximum atomic E-state index is 11.1. The van der Waals surface area contributed by atoms with E-state index < -0.39 is 23.0 Å². The van der Waals surface area contributed by atoms with Gasteiger partial charge in [0.05, 0.1) is 12.1 Å². The van der Waals surface area contributed by atoms with Crippen molar-refractivity contribution in [3.8, 4) is 5.75 Å². The van der Waals surface area contributed by atoms with Gasteiger partial charge in [-0.2, -0.15) is 11.8 Å². The van der Waals surface area contributed by atoms with Crippen molar-refractivity contribution in [2.75, 3.05) is 5.75 Å². The molecule has 32 heavy (non-hydrogen) atoms. The normalized spacial score (nSPS) is 21.9. The van der Waals surface area contributed by atoms with Crippen molar-refractivity contribution in [1.29, 1.82) is 0 Å². The molecule has 2 aliphatic heterocycles. The molecule has 1 aromatic carbocycles. The second-order valence-corrected chi connectivity index (χ2v) is 8.68. The quantitative estimate of drug-likeness (QED) is 0.124. The standard InChI is InChI=1S/C10H16N2O3S.C9H10N2O5/c13-8(14)4-2-1-3-7-9-6(5-16-7)11-10(15)12-9;12-7-3-1-6(2-4-7)5-8(9(13)14)10-11(15)16/h6-7,9H,1-5H2,(H,13,14)(H2,11,12,15);1-4,8,10,12H,5H2,(H,13,14)/t6-,7-,9-;/m0./s1. The molecule has 0 aromatic heterocycles. The van der Waals surface area contributed by atoms with Crippen molar-refractivity contribution in [3.05, 3.63) is 39.9 Å². The number of urea groups is 1. The molecule has 3 rings (SSSR count). The van der Waals surface area contributed by atoms with Gasteiger partial charge in [0.2, 0.25) is 0 Å². The van der Waals surface area contributed by atoms with E-state index in [9.17, 15) is 24.5 Å². The number of aromatic hydroxyl groups is 1. The Labute approximate surface area is 187 Å². The molecular formula is C19H26N4O8S. The topological polar surface area (TPSA) is 191 Å². The number of benzene rings is 1. The van der Waals surface area contributed by atoms with E-state index in [4.69, 9.17) is 15.3 Å². The monoisotopic (exact) mass is 470 g/mol. The van der Waals surface area contributed by atoms with E-state index in [0.29, 0.717) is 10.8 Å². The maximum absolute atomic E-state index is 11.1. The molecule has 12 nitrogen and oxygen atoms in total. The van der Waals surface area contributed by atoms with E-state index in [1.54, 1.807) is 5.43 Å². The fourth-order valence-corrected chi connectivity index (χ4v) is 4.99. The molecule has 176 valence electrons. The van der Waals surface area contributed by atoms with Gasteiger partial charge in [-0.05, 0) is 30.5 Å². The second kappa shape index (κ2) is 12.0. The number of phenolic OH excluding ortho intramolecular Hbond substituents is 1. The molecule has 2 saturated heterocycles. The number of unbranched alkanes of at least 4 members (excludes halogenated alkanes) is 1. The van der Waals surface area contributed by atoms with E-state index in [0.717, 1.165) is 25.0 Å². The van der Waals surface area contributed by atoms with Crippen LogP contribution in [0.4, 0.5) is 4.79 Å². The number of carboxylic acid groups (broad SMARTS) is 2.